The highest BCUT2D eigenvalue weighted by Gasteiger charge is 2.14. The Morgan fingerprint density at radius 1 is 1.35 bits per heavy atom. The summed E-state index contributed by atoms with van der Waals surface area (Å²) in [6.45, 7) is 6.48. The van der Waals surface area contributed by atoms with Gasteiger partial charge in [0.15, 0.2) is 0 Å². The molecule has 0 bridgehead atoms. The molecule has 0 amide bonds. The Morgan fingerprint density at radius 2 is 1.88 bits per heavy atom. The van der Waals surface area contributed by atoms with Gasteiger partial charge in [-0.1, -0.05) is 32.9 Å². The summed E-state index contributed by atoms with van der Waals surface area (Å²) >= 11 is 1.79. The Bertz CT molecular complexity index is 381. The molecule has 0 saturated heterocycles. The third-order valence-corrected chi connectivity index (χ3v) is 3.24. The molecule has 0 aliphatic heterocycles. The normalized spacial score (nSPS) is 13.4. The first-order valence-electron chi connectivity index (χ1n) is 5.54. The Kier molecular flexibility index (Phi) is 4.60. The molecule has 1 atom stereocenters. The number of nitrogens with two attached hydrogens (primary N) is 1. The molecule has 3 nitrogen and oxygen atoms in total. The minimum atomic E-state index is -0.960. The van der Waals surface area contributed by atoms with Crippen molar-refractivity contribution in [3.05, 3.63) is 29.8 Å². The van der Waals surface area contributed by atoms with Gasteiger partial charge in [0.05, 0.1) is 0 Å². The van der Waals surface area contributed by atoms with Crippen LogP contribution in [0, 0.1) is 0 Å². The minimum Gasteiger partial charge on any atom is -0.480 e. The number of carboxylic acids is 1. The van der Waals surface area contributed by atoms with Crippen LogP contribution in [0.3, 0.4) is 0 Å². The first kappa shape index (κ1) is 14.1. The zero-order valence-corrected chi connectivity index (χ0v) is 11.3. The van der Waals surface area contributed by atoms with Crippen LogP contribution in [-0.2, 0) is 11.2 Å². The van der Waals surface area contributed by atoms with E-state index < -0.39 is 12.0 Å². The van der Waals surface area contributed by atoms with Gasteiger partial charge in [0, 0.05) is 9.64 Å². The van der Waals surface area contributed by atoms with E-state index in [1.54, 1.807) is 11.8 Å². The second-order valence-corrected chi connectivity index (χ2v) is 6.91. The number of thioether (sulfide) groups is 1. The number of carbonyl (C=O) groups is 1. The lowest BCUT2D eigenvalue weighted by Gasteiger charge is -2.17. The molecule has 0 aliphatic rings. The van der Waals surface area contributed by atoms with E-state index in [1.165, 1.54) is 4.90 Å². The maximum absolute atomic E-state index is 10.6. The van der Waals surface area contributed by atoms with Crippen molar-refractivity contribution in [2.45, 2.75) is 42.9 Å². The number of carboxylic acid groups (broad SMARTS) is 1. The van der Waals surface area contributed by atoms with Crippen molar-refractivity contribution in [2.75, 3.05) is 0 Å². The Balaban J connectivity index is 2.65. The summed E-state index contributed by atoms with van der Waals surface area (Å²) in [5.41, 5.74) is 6.44. The average molecular weight is 253 g/mol. The predicted octanol–water partition coefficient (Wildman–Crippen LogP) is 2.53. The lowest BCUT2D eigenvalue weighted by molar-refractivity contribution is -0.138. The molecule has 1 aromatic rings. The first-order chi connectivity index (χ1) is 7.78. The predicted molar refractivity (Wildman–Crippen MR) is 71.4 cm³/mol. The topological polar surface area (TPSA) is 63.3 Å². The molecule has 0 heterocycles. The molecule has 0 fully saturated rings. The van der Waals surface area contributed by atoms with E-state index in [0.29, 0.717) is 6.42 Å². The highest BCUT2D eigenvalue weighted by atomic mass is 32.2. The van der Waals surface area contributed by atoms with Crippen molar-refractivity contribution in [2.24, 2.45) is 5.73 Å². The molecule has 0 aromatic heterocycles. The molecule has 1 rings (SSSR count). The largest absolute Gasteiger partial charge is 0.480 e. The van der Waals surface area contributed by atoms with E-state index in [0.717, 1.165) is 5.56 Å². The summed E-state index contributed by atoms with van der Waals surface area (Å²) in [6.07, 6.45) is 0.371. The molecule has 0 radical (unpaired) electrons. The van der Waals surface area contributed by atoms with Crippen molar-refractivity contribution in [3.63, 3.8) is 0 Å². The minimum absolute atomic E-state index is 0.180. The van der Waals surface area contributed by atoms with Crippen LogP contribution in [0.25, 0.3) is 0 Å². The average Bonchev–Trinajstić information content (AvgIpc) is 2.18. The van der Waals surface area contributed by atoms with E-state index >= 15 is 0 Å². The fraction of sp³-hybridized carbons (Fsp3) is 0.462. The van der Waals surface area contributed by atoms with Crippen LogP contribution in [0.1, 0.15) is 26.3 Å². The Hall–Kier alpha value is -1.00. The molecule has 94 valence electrons. The van der Waals surface area contributed by atoms with Crippen LogP contribution in [0.5, 0.6) is 0 Å². The van der Waals surface area contributed by atoms with Crippen LogP contribution < -0.4 is 5.73 Å². The van der Waals surface area contributed by atoms with Gasteiger partial charge >= 0.3 is 5.97 Å². The van der Waals surface area contributed by atoms with E-state index in [-0.39, 0.29) is 4.75 Å². The Labute approximate surface area is 106 Å². The van der Waals surface area contributed by atoms with Crippen molar-refractivity contribution < 1.29 is 9.90 Å². The molecular formula is C13H19NO2S. The zero-order valence-electron chi connectivity index (χ0n) is 10.4. The Morgan fingerprint density at radius 3 is 2.29 bits per heavy atom. The van der Waals surface area contributed by atoms with E-state index in [1.807, 2.05) is 24.3 Å². The monoisotopic (exact) mass is 253 g/mol. The summed E-state index contributed by atoms with van der Waals surface area (Å²) in [6, 6.07) is 7.09. The van der Waals surface area contributed by atoms with Crippen LogP contribution in [0.4, 0.5) is 0 Å². The van der Waals surface area contributed by atoms with E-state index in [9.17, 15) is 4.79 Å². The van der Waals surface area contributed by atoms with Gasteiger partial charge in [0.25, 0.3) is 0 Å². The summed E-state index contributed by atoms with van der Waals surface area (Å²) in [7, 11) is 0. The molecule has 0 aliphatic carbocycles. The standard InChI is InChI=1S/C13H19NO2S/c1-13(2,3)17-10-6-4-9(5-7-10)8-11(14)12(15)16/h4-7,11H,8,14H2,1-3H3,(H,15,16)/t11-/m0/s1. The van der Waals surface area contributed by atoms with Crippen LogP contribution >= 0.6 is 11.8 Å². The second kappa shape index (κ2) is 5.56. The number of hydrogen-bond donors (Lipinski definition) is 2. The highest BCUT2D eigenvalue weighted by Crippen LogP contribution is 2.31. The van der Waals surface area contributed by atoms with Crippen LogP contribution in [0.2, 0.25) is 0 Å². The number of hydrogen-bond acceptors (Lipinski definition) is 3. The molecule has 0 spiro atoms. The van der Waals surface area contributed by atoms with Crippen LogP contribution in [-0.4, -0.2) is 21.9 Å². The molecule has 0 saturated carbocycles. The lowest BCUT2D eigenvalue weighted by atomic mass is 10.1. The molecular weight excluding hydrogens is 234 g/mol. The van der Waals surface area contributed by atoms with Gasteiger partial charge < -0.3 is 10.8 Å². The number of aliphatic carboxylic acids is 1. The SMILES string of the molecule is CC(C)(C)Sc1ccc(C[C@H](N)C(=O)O)cc1. The smallest absolute Gasteiger partial charge is 0.320 e. The molecule has 1 aromatic carbocycles. The first-order valence-corrected chi connectivity index (χ1v) is 6.36. The fourth-order valence-corrected chi connectivity index (χ4v) is 2.37. The second-order valence-electron chi connectivity index (χ2n) is 5.01. The third kappa shape index (κ3) is 5.24. The quantitative estimate of drug-likeness (QED) is 0.809. The van der Waals surface area contributed by atoms with Gasteiger partial charge in [-0.2, -0.15) is 0 Å². The number of benzene rings is 1. The lowest BCUT2D eigenvalue weighted by Crippen LogP contribution is -2.32. The van der Waals surface area contributed by atoms with Crippen molar-refractivity contribution in [3.8, 4) is 0 Å². The molecule has 3 N–H and O–H groups in total. The van der Waals surface area contributed by atoms with E-state index in [2.05, 4.69) is 20.8 Å². The van der Waals surface area contributed by atoms with Gasteiger partial charge in [-0.05, 0) is 24.1 Å². The summed E-state index contributed by atoms with van der Waals surface area (Å²) in [5.74, 6) is -0.960. The summed E-state index contributed by atoms with van der Waals surface area (Å²) in [4.78, 5) is 11.8. The summed E-state index contributed by atoms with van der Waals surface area (Å²) < 4.78 is 0.180. The van der Waals surface area contributed by atoms with Gasteiger partial charge in [0.2, 0.25) is 0 Å². The van der Waals surface area contributed by atoms with Gasteiger partial charge in [0.1, 0.15) is 6.04 Å². The fourth-order valence-electron chi connectivity index (χ4n) is 1.39. The highest BCUT2D eigenvalue weighted by molar-refractivity contribution is 8.00. The molecule has 4 heteroatoms. The van der Waals surface area contributed by atoms with Gasteiger partial charge in [-0.3, -0.25) is 4.79 Å². The van der Waals surface area contributed by atoms with Gasteiger partial charge in [-0.15, -0.1) is 11.8 Å². The van der Waals surface area contributed by atoms with Gasteiger partial charge in [-0.25, -0.2) is 0 Å². The summed E-state index contributed by atoms with van der Waals surface area (Å²) in [5, 5.41) is 8.72. The molecule has 17 heavy (non-hydrogen) atoms. The van der Waals surface area contributed by atoms with Crippen molar-refractivity contribution in [1.29, 1.82) is 0 Å². The van der Waals surface area contributed by atoms with Crippen molar-refractivity contribution >= 4 is 17.7 Å². The zero-order chi connectivity index (χ0) is 13.1. The van der Waals surface area contributed by atoms with Crippen LogP contribution in [0.15, 0.2) is 29.2 Å². The third-order valence-electron chi connectivity index (χ3n) is 2.12. The number of rotatable bonds is 4. The molecule has 0 unspecified atom stereocenters. The maximum Gasteiger partial charge on any atom is 0.320 e. The van der Waals surface area contributed by atoms with E-state index in [4.69, 9.17) is 10.8 Å². The maximum atomic E-state index is 10.6. The van der Waals surface area contributed by atoms with Crippen molar-refractivity contribution in [1.82, 2.24) is 0 Å².